The van der Waals surface area contributed by atoms with Crippen LogP contribution in [0, 0.1) is 13.8 Å². The van der Waals surface area contributed by atoms with Gasteiger partial charge in [-0.25, -0.2) is 9.59 Å². The molecule has 0 radical (unpaired) electrons. The molecule has 0 aliphatic carbocycles. The van der Waals surface area contributed by atoms with Crippen molar-refractivity contribution in [3.05, 3.63) is 46.7 Å². The van der Waals surface area contributed by atoms with Gasteiger partial charge >= 0.3 is 11.9 Å². The topological polar surface area (TPSA) is 113 Å². The third-order valence-electron chi connectivity index (χ3n) is 4.81. The zero-order valence-corrected chi connectivity index (χ0v) is 18.4. The summed E-state index contributed by atoms with van der Waals surface area (Å²) in [5.41, 5.74) is 5.94. The monoisotopic (exact) mass is 433 g/mol. The number of aromatic nitrogens is 2. The summed E-state index contributed by atoms with van der Waals surface area (Å²) in [6.45, 7) is 8.42. The first-order valence-electron chi connectivity index (χ1n) is 9.63. The van der Waals surface area contributed by atoms with E-state index in [0.29, 0.717) is 5.88 Å². The van der Waals surface area contributed by atoms with Crippen molar-refractivity contribution in [1.82, 2.24) is 13.6 Å². The van der Waals surface area contributed by atoms with Gasteiger partial charge in [0.1, 0.15) is 11.8 Å². The van der Waals surface area contributed by atoms with Crippen molar-refractivity contribution >= 4 is 29.2 Å². The van der Waals surface area contributed by atoms with Crippen molar-refractivity contribution < 1.29 is 24.5 Å². The van der Waals surface area contributed by atoms with E-state index in [-0.39, 0.29) is 6.10 Å². The van der Waals surface area contributed by atoms with Gasteiger partial charge in [0.05, 0.1) is 11.7 Å². The average Bonchev–Trinajstić information content (AvgIpc) is 3.17. The first-order valence-corrected chi connectivity index (χ1v) is 10.4. The average molecular weight is 434 g/mol. The number of carbonyl (C=O) groups is 2. The number of aryl methyl sites for hydroxylation is 2. The lowest BCUT2D eigenvalue weighted by Crippen LogP contribution is -2.25. The molecule has 2 heterocycles. The second-order valence-corrected chi connectivity index (χ2v) is 7.67. The van der Waals surface area contributed by atoms with Crippen LogP contribution in [0.1, 0.15) is 48.3 Å². The molecule has 0 saturated carbocycles. The molecule has 0 saturated heterocycles. The van der Waals surface area contributed by atoms with E-state index in [4.69, 9.17) is 24.5 Å². The molecule has 0 amide bonds. The number of carboxylic acid groups (broad SMARTS) is 2. The van der Waals surface area contributed by atoms with Crippen molar-refractivity contribution in [3.8, 4) is 5.88 Å². The molecule has 3 rings (SSSR count). The number of nitrogens with zero attached hydrogens (tertiary/aromatic N) is 3. The van der Waals surface area contributed by atoms with Gasteiger partial charge in [-0.3, -0.25) is 0 Å². The Morgan fingerprint density at radius 3 is 2.47 bits per heavy atom. The number of hydrogen-bond donors (Lipinski definition) is 2. The summed E-state index contributed by atoms with van der Waals surface area (Å²) < 4.78 is 15.2. The van der Waals surface area contributed by atoms with Crippen LogP contribution in [0.4, 0.5) is 0 Å². The summed E-state index contributed by atoms with van der Waals surface area (Å²) in [7, 11) is 2.14. The molecule has 2 N–H and O–H groups in total. The lowest BCUT2D eigenvalue weighted by Gasteiger charge is -2.23. The van der Waals surface area contributed by atoms with Gasteiger partial charge in [0.2, 0.25) is 0 Å². The maximum Gasteiger partial charge on any atom is 0.414 e. The zero-order chi connectivity index (χ0) is 22.3. The predicted octanol–water partition coefficient (Wildman–Crippen LogP) is 3.56. The predicted molar refractivity (Wildman–Crippen MR) is 115 cm³/mol. The van der Waals surface area contributed by atoms with Gasteiger partial charge in [-0.05, 0) is 56.0 Å². The van der Waals surface area contributed by atoms with E-state index in [2.05, 4.69) is 65.7 Å². The van der Waals surface area contributed by atoms with Crippen molar-refractivity contribution in [2.45, 2.75) is 39.7 Å². The van der Waals surface area contributed by atoms with Crippen molar-refractivity contribution in [2.75, 3.05) is 20.1 Å². The number of ether oxygens (including phenoxy) is 1. The van der Waals surface area contributed by atoms with Gasteiger partial charge in [-0.15, -0.1) is 4.37 Å². The van der Waals surface area contributed by atoms with Crippen LogP contribution >= 0.6 is 11.7 Å². The summed E-state index contributed by atoms with van der Waals surface area (Å²) in [5.74, 6) is -2.98. The Morgan fingerprint density at radius 2 is 1.90 bits per heavy atom. The standard InChI is InChI=1S/C19H25N3OS.C2H2O4/c1-5-17(15-9-8-13(2)14(3)11-15)23-19-18(20-24-21-19)16-7-6-10-22(4)12-16;3-1(4)2(5)6/h7-9,11,17H,5-6,10,12H2,1-4H3;(H,3,4)(H,5,6). The molecule has 2 aromatic rings. The molecule has 8 nitrogen and oxygen atoms in total. The third kappa shape index (κ3) is 6.36. The van der Waals surface area contributed by atoms with Crippen LogP contribution in [0.5, 0.6) is 5.88 Å². The van der Waals surface area contributed by atoms with E-state index in [1.165, 1.54) is 34.0 Å². The minimum atomic E-state index is -1.82. The van der Waals surface area contributed by atoms with Gasteiger partial charge in [-0.2, -0.15) is 4.37 Å². The Labute approximate surface area is 180 Å². The molecule has 1 unspecified atom stereocenters. The molecule has 162 valence electrons. The number of rotatable bonds is 5. The fraction of sp³-hybridized carbons (Fsp3) is 0.429. The molecule has 1 atom stereocenters. The lowest BCUT2D eigenvalue weighted by atomic mass is 10.0. The normalized spacial score (nSPS) is 14.9. The second kappa shape index (κ2) is 10.8. The number of carboxylic acids is 2. The summed E-state index contributed by atoms with van der Waals surface area (Å²) in [6, 6.07) is 6.54. The van der Waals surface area contributed by atoms with Crippen molar-refractivity contribution in [3.63, 3.8) is 0 Å². The number of aliphatic carboxylic acids is 2. The van der Waals surface area contributed by atoms with Gasteiger partial charge in [0, 0.05) is 13.1 Å². The van der Waals surface area contributed by atoms with Gasteiger partial charge in [0.15, 0.2) is 0 Å². The van der Waals surface area contributed by atoms with Crippen molar-refractivity contribution in [1.29, 1.82) is 0 Å². The summed E-state index contributed by atoms with van der Waals surface area (Å²) >= 11 is 1.23. The zero-order valence-electron chi connectivity index (χ0n) is 17.6. The molecule has 1 aliphatic heterocycles. The molecule has 0 spiro atoms. The van der Waals surface area contributed by atoms with E-state index in [1.54, 1.807) is 0 Å². The Balaban J connectivity index is 0.000000469. The highest BCUT2D eigenvalue weighted by Crippen LogP contribution is 2.32. The fourth-order valence-corrected chi connectivity index (χ4v) is 3.53. The first kappa shape index (κ1) is 23.5. The molecule has 1 aromatic carbocycles. The minimum Gasteiger partial charge on any atom is -0.473 e. The highest BCUT2D eigenvalue weighted by molar-refractivity contribution is 6.99. The molecule has 0 fully saturated rings. The number of benzene rings is 1. The molecule has 30 heavy (non-hydrogen) atoms. The SMILES string of the molecule is CCC(Oc1nsnc1C1=CCCN(C)C1)c1ccc(C)c(C)c1.O=C(O)C(=O)O. The van der Waals surface area contributed by atoms with E-state index < -0.39 is 11.9 Å². The molecule has 0 bridgehead atoms. The highest BCUT2D eigenvalue weighted by atomic mass is 32.1. The Bertz CT molecular complexity index is 913. The summed E-state index contributed by atoms with van der Waals surface area (Å²) in [6.07, 6.45) is 4.23. The van der Waals surface area contributed by atoms with Crippen LogP contribution in [-0.2, 0) is 9.59 Å². The van der Waals surface area contributed by atoms with Crippen molar-refractivity contribution in [2.24, 2.45) is 0 Å². The number of likely N-dealkylation sites (N-methyl/N-ethyl adjacent to an activating group) is 1. The Morgan fingerprint density at radius 1 is 1.20 bits per heavy atom. The van der Waals surface area contributed by atoms with Gasteiger partial charge in [-0.1, -0.05) is 31.2 Å². The van der Waals surface area contributed by atoms with Crippen LogP contribution < -0.4 is 4.74 Å². The quantitative estimate of drug-likeness (QED) is 0.688. The van der Waals surface area contributed by atoms with Gasteiger partial charge in [0.25, 0.3) is 5.88 Å². The van der Waals surface area contributed by atoms with Crippen LogP contribution in [0.25, 0.3) is 5.57 Å². The molecule has 1 aromatic heterocycles. The molecule has 9 heteroatoms. The van der Waals surface area contributed by atoms with E-state index in [1.807, 2.05) is 0 Å². The summed E-state index contributed by atoms with van der Waals surface area (Å²) in [5, 5.41) is 14.8. The largest absolute Gasteiger partial charge is 0.473 e. The molecular weight excluding hydrogens is 406 g/mol. The van der Waals surface area contributed by atoms with E-state index in [0.717, 1.165) is 31.6 Å². The summed E-state index contributed by atoms with van der Waals surface area (Å²) in [4.78, 5) is 20.5. The fourth-order valence-electron chi connectivity index (χ4n) is 3.01. The third-order valence-corrected chi connectivity index (χ3v) is 5.33. The molecular formula is C21H27N3O5S. The van der Waals surface area contributed by atoms with Gasteiger partial charge < -0.3 is 19.8 Å². The maximum absolute atomic E-state index is 9.10. The lowest BCUT2D eigenvalue weighted by molar-refractivity contribution is -0.159. The minimum absolute atomic E-state index is 0.00821. The Hall–Kier alpha value is -2.78. The molecule has 1 aliphatic rings. The first-order chi connectivity index (χ1) is 14.2. The Kier molecular flexibility index (Phi) is 8.49. The van der Waals surface area contributed by atoms with E-state index in [9.17, 15) is 0 Å². The highest BCUT2D eigenvalue weighted by Gasteiger charge is 2.21. The second-order valence-electron chi connectivity index (χ2n) is 7.14. The van der Waals surface area contributed by atoms with Crippen LogP contribution in [0.2, 0.25) is 0 Å². The van der Waals surface area contributed by atoms with Crippen LogP contribution in [0.15, 0.2) is 24.3 Å². The van der Waals surface area contributed by atoms with Crippen LogP contribution in [0.3, 0.4) is 0 Å². The smallest absolute Gasteiger partial charge is 0.414 e. The number of hydrogen-bond acceptors (Lipinski definition) is 7. The maximum atomic E-state index is 9.10. The van der Waals surface area contributed by atoms with E-state index >= 15 is 0 Å². The van der Waals surface area contributed by atoms with Crippen LogP contribution in [-0.4, -0.2) is 55.9 Å².